The fourth-order valence-electron chi connectivity index (χ4n) is 3.79. The van der Waals surface area contributed by atoms with Crippen LogP contribution in [0.1, 0.15) is 24.4 Å². The third kappa shape index (κ3) is 4.03. The molecule has 0 saturated carbocycles. The summed E-state index contributed by atoms with van der Waals surface area (Å²) >= 11 is 6.14. The van der Waals surface area contributed by atoms with Gasteiger partial charge in [-0.2, -0.15) is 0 Å². The number of hydrogen-bond acceptors (Lipinski definition) is 5. The Morgan fingerprint density at radius 1 is 1.21 bits per heavy atom. The summed E-state index contributed by atoms with van der Waals surface area (Å²) in [6.45, 7) is 2.35. The lowest BCUT2D eigenvalue weighted by atomic mass is 10.0. The smallest absolute Gasteiger partial charge is 0.238 e. The van der Waals surface area contributed by atoms with Crippen molar-refractivity contribution in [1.82, 2.24) is 4.90 Å². The molecule has 0 aliphatic carbocycles. The van der Waals surface area contributed by atoms with E-state index in [0.29, 0.717) is 36.2 Å². The lowest BCUT2D eigenvalue weighted by Gasteiger charge is -2.26. The van der Waals surface area contributed by atoms with Gasteiger partial charge < -0.3 is 19.5 Å². The van der Waals surface area contributed by atoms with E-state index in [4.69, 9.17) is 25.8 Å². The highest BCUT2D eigenvalue weighted by molar-refractivity contribution is 6.32. The Hall–Kier alpha value is -2.44. The third-order valence-electron chi connectivity index (χ3n) is 5.10. The largest absolute Gasteiger partial charge is 0.495 e. The molecular formula is C21H23ClN2O4. The van der Waals surface area contributed by atoms with Gasteiger partial charge in [0.15, 0.2) is 11.5 Å². The molecular weight excluding hydrogens is 380 g/mol. The Morgan fingerprint density at radius 3 is 2.82 bits per heavy atom. The Kier molecular flexibility index (Phi) is 5.59. The van der Waals surface area contributed by atoms with Gasteiger partial charge in [0, 0.05) is 11.7 Å². The number of anilines is 1. The van der Waals surface area contributed by atoms with Crippen molar-refractivity contribution in [3.63, 3.8) is 0 Å². The molecule has 28 heavy (non-hydrogen) atoms. The summed E-state index contributed by atoms with van der Waals surface area (Å²) in [5.74, 6) is 2.09. The number of fused-ring (bicyclic) bond motifs is 1. The molecule has 1 atom stereocenters. The van der Waals surface area contributed by atoms with Crippen molar-refractivity contribution in [2.24, 2.45) is 0 Å². The molecule has 4 rings (SSSR count). The maximum atomic E-state index is 12.6. The van der Waals surface area contributed by atoms with Crippen molar-refractivity contribution in [2.45, 2.75) is 18.9 Å². The van der Waals surface area contributed by atoms with Gasteiger partial charge in [-0.25, -0.2) is 0 Å². The number of benzene rings is 2. The number of nitrogens with zero attached hydrogens (tertiary/aromatic N) is 1. The lowest BCUT2D eigenvalue weighted by Crippen LogP contribution is -2.33. The number of ether oxygens (including phenoxy) is 3. The van der Waals surface area contributed by atoms with Gasteiger partial charge in [0.25, 0.3) is 0 Å². The summed E-state index contributed by atoms with van der Waals surface area (Å²) in [5.41, 5.74) is 1.81. The Morgan fingerprint density at radius 2 is 2.04 bits per heavy atom. The van der Waals surface area contributed by atoms with Gasteiger partial charge >= 0.3 is 0 Å². The number of likely N-dealkylation sites (tertiary alicyclic amines) is 1. The Balaban J connectivity index is 1.42. The van der Waals surface area contributed by atoms with E-state index in [0.717, 1.165) is 36.4 Å². The van der Waals surface area contributed by atoms with Crippen molar-refractivity contribution in [3.8, 4) is 17.2 Å². The van der Waals surface area contributed by atoms with Crippen molar-refractivity contribution >= 4 is 23.2 Å². The molecule has 2 aromatic rings. The van der Waals surface area contributed by atoms with E-state index in [1.807, 2.05) is 12.1 Å². The van der Waals surface area contributed by atoms with Crippen molar-refractivity contribution in [2.75, 3.05) is 38.7 Å². The van der Waals surface area contributed by atoms with Crippen LogP contribution >= 0.6 is 11.6 Å². The third-order valence-corrected chi connectivity index (χ3v) is 5.39. The highest BCUT2D eigenvalue weighted by Crippen LogP contribution is 2.38. The first-order valence-corrected chi connectivity index (χ1v) is 9.79. The minimum atomic E-state index is -0.0642. The summed E-state index contributed by atoms with van der Waals surface area (Å²) in [5, 5.41) is 3.39. The van der Waals surface area contributed by atoms with E-state index in [1.54, 1.807) is 25.3 Å². The van der Waals surface area contributed by atoms with Gasteiger partial charge in [-0.05, 0) is 55.3 Å². The van der Waals surface area contributed by atoms with Crippen LogP contribution in [0.15, 0.2) is 36.4 Å². The standard InChI is InChI=1S/C21H23ClN2O4/c1-26-18-7-5-15(12-16(18)22)23-21(25)13-24-8-2-3-17(24)14-4-6-19-20(11-14)28-10-9-27-19/h4-7,11-12,17H,2-3,8-10,13H2,1H3,(H,23,25)/t17-/m1/s1. The number of nitrogens with one attached hydrogen (secondary N) is 1. The maximum absolute atomic E-state index is 12.6. The minimum absolute atomic E-state index is 0.0642. The van der Waals surface area contributed by atoms with E-state index in [1.165, 1.54) is 0 Å². The molecule has 1 saturated heterocycles. The van der Waals surface area contributed by atoms with Gasteiger partial charge in [0.1, 0.15) is 19.0 Å². The van der Waals surface area contributed by atoms with Gasteiger partial charge in [-0.15, -0.1) is 0 Å². The van der Waals surface area contributed by atoms with Crippen LogP contribution in [0.2, 0.25) is 5.02 Å². The van der Waals surface area contributed by atoms with Crippen LogP contribution in [0.25, 0.3) is 0 Å². The van der Waals surface area contributed by atoms with E-state index in [-0.39, 0.29) is 11.9 Å². The van der Waals surface area contributed by atoms with E-state index < -0.39 is 0 Å². The Labute approximate surface area is 169 Å². The number of rotatable bonds is 5. The van der Waals surface area contributed by atoms with E-state index in [2.05, 4.69) is 16.3 Å². The van der Waals surface area contributed by atoms with Gasteiger partial charge in [-0.1, -0.05) is 17.7 Å². The number of carbonyl (C=O) groups excluding carboxylic acids is 1. The molecule has 2 aromatic carbocycles. The van der Waals surface area contributed by atoms with Gasteiger partial charge in [0.05, 0.1) is 18.7 Å². The molecule has 0 radical (unpaired) electrons. The predicted octanol–water partition coefficient (Wildman–Crippen LogP) is 3.90. The number of halogens is 1. The van der Waals surface area contributed by atoms with Crippen molar-refractivity contribution in [1.29, 1.82) is 0 Å². The molecule has 0 bridgehead atoms. The Bertz CT molecular complexity index is 873. The zero-order valence-corrected chi connectivity index (χ0v) is 16.5. The van der Waals surface area contributed by atoms with Crippen LogP contribution in [-0.2, 0) is 4.79 Å². The highest BCUT2D eigenvalue weighted by atomic mass is 35.5. The molecule has 1 fully saturated rings. The predicted molar refractivity (Wildman–Crippen MR) is 108 cm³/mol. The average Bonchev–Trinajstić information content (AvgIpc) is 3.15. The fourth-order valence-corrected chi connectivity index (χ4v) is 4.05. The van der Waals surface area contributed by atoms with Crippen LogP contribution in [0.5, 0.6) is 17.2 Å². The summed E-state index contributed by atoms with van der Waals surface area (Å²) in [7, 11) is 1.56. The number of hydrogen-bond donors (Lipinski definition) is 1. The molecule has 0 unspecified atom stereocenters. The van der Waals surface area contributed by atoms with Crippen LogP contribution in [0.3, 0.4) is 0 Å². The van der Waals surface area contributed by atoms with Crippen LogP contribution in [-0.4, -0.2) is 44.2 Å². The molecule has 0 spiro atoms. The molecule has 6 nitrogen and oxygen atoms in total. The second-order valence-electron chi connectivity index (χ2n) is 6.93. The monoisotopic (exact) mass is 402 g/mol. The topological polar surface area (TPSA) is 60.0 Å². The summed E-state index contributed by atoms with van der Waals surface area (Å²) in [6.07, 6.45) is 2.07. The van der Waals surface area contributed by atoms with E-state index in [9.17, 15) is 4.79 Å². The fraction of sp³-hybridized carbons (Fsp3) is 0.381. The summed E-state index contributed by atoms with van der Waals surface area (Å²) in [6, 6.07) is 11.5. The van der Waals surface area contributed by atoms with Crippen molar-refractivity contribution < 1.29 is 19.0 Å². The number of methoxy groups -OCH3 is 1. The molecule has 0 aromatic heterocycles. The quantitative estimate of drug-likeness (QED) is 0.822. The van der Waals surface area contributed by atoms with Gasteiger partial charge in [-0.3, -0.25) is 9.69 Å². The zero-order chi connectivity index (χ0) is 19.5. The summed E-state index contributed by atoms with van der Waals surface area (Å²) < 4.78 is 16.4. The minimum Gasteiger partial charge on any atom is -0.495 e. The first-order valence-electron chi connectivity index (χ1n) is 9.41. The SMILES string of the molecule is COc1ccc(NC(=O)CN2CCC[C@@H]2c2ccc3c(c2)OCCO3)cc1Cl. The first-order chi connectivity index (χ1) is 13.6. The van der Waals surface area contributed by atoms with Crippen LogP contribution in [0.4, 0.5) is 5.69 Å². The van der Waals surface area contributed by atoms with Crippen LogP contribution < -0.4 is 19.5 Å². The molecule has 7 heteroatoms. The van der Waals surface area contributed by atoms with Gasteiger partial charge in [0.2, 0.25) is 5.91 Å². The summed E-state index contributed by atoms with van der Waals surface area (Å²) in [4.78, 5) is 14.8. The zero-order valence-electron chi connectivity index (χ0n) is 15.7. The molecule has 1 amide bonds. The second kappa shape index (κ2) is 8.29. The first kappa shape index (κ1) is 18.9. The lowest BCUT2D eigenvalue weighted by molar-refractivity contribution is -0.117. The molecule has 148 valence electrons. The van der Waals surface area contributed by atoms with E-state index >= 15 is 0 Å². The number of amides is 1. The second-order valence-corrected chi connectivity index (χ2v) is 7.34. The van der Waals surface area contributed by atoms with Crippen LogP contribution in [0, 0.1) is 0 Å². The highest BCUT2D eigenvalue weighted by Gasteiger charge is 2.28. The normalized spacial score (nSPS) is 18.7. The molecule has 2 aliphatic heterocycles. The van der Waals surface area contributed by atoms with Crippen molar-refractivity contribution in [3.05, 3.63) is 47.0 Å². The molecule has 2 aliphatic rings. The number of carbonyl (C=O) groups is 1. The maximum Gasteiger partial charge on any atom is 0.238 e. The molecule has 2 heterocycles. The average molecular weight is 403 g/mol. The molecule has 1 N–H and O–H groups in total.